The minimum atomic E-state index is -0.219. The van der Waals surface area contributed by atoms with Crippen molar-refractivity contribution in [1.29, 1.82) is 0 Å². The number of ether oxygens (including phenoxy) is 1. The van der Waals surface area contributed by atoms with E-state index in [9.17, 15) is 9.59 Å². The number of carbonyl (C=O) groups is 2. The summed E-state index contributed by atoms with van der Waals surface area (Å²) < 4.78 is 5.23. The van der Waals surface area contributed by atoms with Crippen LogP contribution in [0.4, 0.5) is 5.69 Å². The van der Waals surface area contributed by atoms with Gasteiger partial charge in [-0.15, -0.1) is 12.4 Å². The molecule has 0 spiro atoms. The maximum atomic E-state index is 12.7. The number of anilines is 1. The Morgan fingerprint density at radius 1 is 1.32 bits per heavy atom. The first-order chi connectivity index (χ1) is 11.5. The van der Waals surface area contributed by atoms with Crippen LogP contribution in [0, 0.1) is 5.92 Å². The van der Waals surface area contributed by atoms with E-state index in [1.54, 1.807) is 24.1 Å². The summed E-state index contributed by atoms with van der Waals surface area (Å²) in [7, 11) is 1.56. The summed E-state index contributed by atoms with van der Waals surface area (Å²) in [5.41, 5.74) is 6.52. The van der Waals surface area contributed by atoms with E-state index in [2.05, 4.69) is 5.32 Å². The summed E-state index contributed by atoms with van der Waals surface area (Å²) in [5, 5.41) is 2.82. The van der Waals surface area contributed by atoms with Gasteiger partial charge < -0.3 is 20.7 Å². The second-order valence-electron chi connectivity index (χ2n) is 6.28. The van der Waals surface area contributed by atoms with E-state index in [4.69, 9.17) is 10.5 Å². The molecule has 6 nitrogen and oxygen atoms in total. The van der Waals surface area contributed by atoms with E-state index in [0.717, 1.165) is 19.3 Å². The average molecular weight is 370 g/mol. The van der Waals surface area contributed by atoms with Crippen LogP contribution in [0.5, 0.6) is 5.75 Å². The summed E-state index contributed by atoms with van der Waals surface area (Å²) in [5.74, 6) is 0.371. The number of hydrogen-bond acceptors (Lipinski definition) is 4. The molecular weight excluding hydrogens is 342 g/mol. The number of halogens is 1. The molecule has 2 rings (SSSR count). The first-order valence-corrected chi connectivity index (χ1v) is 8.52. The van der Waals surface area contributed by atoms with Crippen LogP contribution in [0.15, 0.2) is 24.3 Å². The standard InChI is InChI=1S/C18H27N3O3.ClH/c1-3-10-21(18(23)13-8-9-14(19)11-13)12-17(22)20-15-6-4-5-7-16(15)24-2;/h4-7,13-14H,3,8-12,19H2,1-2H3,(H,20,22);1H. The quantitative estimate of drug-likeness (QED) is 0.773. The van der Waals surface area contributed by atoms with Crippen LogP contribution in [-0.4, -0.2) is 43.0 Å². The van der Waals surface area contributed by atoms with Gasteiger partial charge in [0.15, 0.2) is 0 Å². The van der Waals surface area contributed by atoms with Crippen LogP contribution in [-0.2, 0) is 9.59 Å². The van der Waals surface area contributed by atoms with Crippen molar-refractivity contribution in [3.8, 4) is 5.75 Å². The van der Waals surface area contributed by atoms with Gasteiger partial charge in [-0.1, -0.05) is 19.1 Å². The summed E-state index contributed by atoms with van der Waals surface area (Å²) in [6.07, 6.45) is 3.22. The molecule has 1 aromatic rings. The summed E-state index contributed by atoms with van der Waals surface area (Å²) >= 11 is 0. The average Bonchev–Trinajstić information content (AvgIpc) is 3.00. The fourth-order valence-electron chi connectivity index (χ4n) is 3.15. The molecule has 1 saturated carbocycles. The fourth-order valence-corrected chi connectivity index (χ4v) is 3.15. The number of nitrogens with zero attached hydrogens (tertiary/aromatic N) is 1. The van der Waals surface area contributed by atoms with Crippen molar-refractivity contribution in [3.63, 3.8) is 0 Å². The number of rotatable bonds is 7. The molecule has 0 saturated heterocycles. The molecule has 7 heteroatoms. The molecule has 25 heavy (non-hydrogen) atoms. The second kappa shape index (κ2) is 10.3. The zero-order valence-corrected chi connectivity index (χ0v) is 15.7. The molecule has 2 amide bonds. The highest BCUT2D eigenvalue weighted by Gasteiger charge is 2.31. The van der Waals surface area contributed by atoms with Gasteiger partial charge in [-0.3, -0.25) is 9.59 Å². The minimum absolute atomic E-state index is 0. The van der Waals surface area contributed by atoms with Gasteiger partial charge in [0.1, 0.15) is 5.75 Å². The SMILES string of the molecule is CCCN(CC(=O)Nc1ccccc1OC)C(=O)C1CCC(N)C1.Cl. The molecule has 1 aliphatic carbocycles. The lowest BCUT2D eigenvalue weighted by Crippen LogP contribution is -2.41. The van der Waals surface area contributed by atoms with E-state index in [1.165, 1.54) is 0 Å². The Hall–Kier alpha value is -1.79. The number of nitrogens with two attached hydrogens (primary N) is 1. The Balaban J connectivity index is 0.00000312. The van der Waals surface area contributed by atoms with Gasteiger partial charge in [0.05, 0.1) is 19.3 Å². The summed E-state index contributed by atoms with van der Waals surface area (Å²) in [6, 6.07) is 7.32. The van der Waals surface area contributed by atoms with Gasteiger partial charge in [-0.2, -0.15) is 0 Å². The topological polar surface area (TPSA) is 84.7 Å². The molecule has 0 aromatic heterocycles. The normalized spacial score (nSPS) is 19.0. The Labute approximate surface area is 155 Å². The maximum absolute atomic E-state index is 12.7. The number of para-hydroxylation sites is 2. The first-order valence-electron chi connectivity index (χ1n) is 8.52. The smallest absolute Gasteiger partial charge is 0.244 e. The number of amides is 2. The molecule has 0 bridgehead atoms. The number of nitrogens with one attached hydrogen (secondary N) is 1. The van der Waals surface area contributed by atoms with E-state index < -0.39 is 0 Å². The van der Waals surface area contributed by atoms with Crippen molar-refractivity contribution in [2.24, 2.45) is 11.7 Å². The lowest BCUT2D eigenvalue weighted by molar-refractivity contribution is -0.138. The zero-order chi connectivity index (χ0) is 17.5. The highest BCUT2D eigenvalue weighted by molar-refractivity contribution is 5.96. The first kappa shape index (κ1) is 21.3. The van der Waals surface area contributed by atoms with Crippen molar-refractivity contribution >= 4 is 29.9 Å². The van der Waals surface area contributed by atoms with Gasteiger partial charge in [0, 0.05) is 18.5 Å². The Morgan fingerprint density at radius 2 is 2.04 bits per heavy atom. The van der Waals surface area contributed by atoms with E-state index in [-0.39, 0.29) is 42.7 Å². The van der Waals surface area contributed by atoms with Crippen LogP contribution >= 0.6 is 12.4 Å². The number of carbonyl (C=O) groups excluding carboxylic acids is 2. The molecule has 2 atom stereocenters. The van der Waals surface area contributed by atoms with Gasteiger partial charge in [-0.05, 0) is 37.8 Å². The molecule has 0 heterocycles. The minimum Gasteiger partial charge on any atom is -0.495 e. The van der Waals surface area contributed by atoms with Crippen molar-refractivity contribution in [2.45, 2.75) is 38.6 Å². The predicted octanol–water partition coefficient (Wildman–Crippen LogP) is 2.42. The predicted molar refractivity (Wildman–Crippen MR) is 101 cm³/mol. The van der Waals surface area contributed by atoms with Gasteiger partial charge in [0.25, 0.3) is 0 Å². The van der Waals surface area contributed by atoms with Crippen LogP contribution in [0.3, 0.4) is 0 Å². The summed E-state index contributed by atoms with van der Waals surface area (Å²) in [4.78, 5) is 26.7. The molecule has 0 radical (unpaired) electrons. The maximum Gasteiger partial charge on any atom is 0.244 e. The third-order valence-electron chi connectivity index (χ3n) is 4.34. The van der Waals surface area contributed by atoms with Crippen molar-refractivity contribution < 1.29 is 14.3 Å². The molecule has 2 unspecified atom stereocenters. The second-order valence-corrected chi connectivity index (χ2v) is 6.28. The van der Waals surface area contributed by atoms with Crippen molar-refractivity contribution in [1.82, 2.24) is 4.90 Å². The number of hydrogen-bond donors (Lipinski definition) is 2. The van der Waals surface area contributed by atoms with Gasteiger partial charge in [0.2, 0.25) is 11.8 Å². The van der Waals surface area contributed by atoms with Crippen LogP contribution < -0.4 is 15.8 Å². The molecule has 3 N–H and O–H groups in total. The van der Waals surface area contributed by atoms with Crippen LogP contribution in [0.2, 0.25) is 0 Å². The van der Waals surface area contributed by atoms with Crippen LogP contribution in [0.1, 0.15) is 32.6 Å². The van der Waals surface area contributed by atoms with Gasteiger partial charge >= 0.3 is 0 Å². The third kappa shape index (κ3) is 5.90. The number of methoxy groups -OCH3 is 1. The molecule has 1 fully saturated rings. The highest BCUT2D eigenvalue weighted by Crippen LogP contribution is 2.26. The molecule has 140 valence electrons. The Bertz CT molecular complexity index is 582. The van der Waals surface area contributed by atoms with Crippen LogP contribution in [0.25, 0.3) is 0 Å². The molecule has 1 aromatic carbocycles. The summed E-state index contributed by atoms with van der Waals surface area (Å²) in [6.45, 7) is 2.62. The molecule has 0 aliphatic heterocycles. The van der Waals surface area contributed by atoms with Crippen molar-refractivity contribution in [2.75, 3.05) is 25.5 Å². The largest absolute Gasteiger partial charge is 0.495 e. The monoisotopic (exact) mass is 369 g/mol. The van der Waals surface area contributed by atoms with Gasteiger partial charge in [-0.25, -0.2) is 0 Å². The lowest BCUT2D eigenvalue weighted by atomic mass is 10.1. The van der Waals surface area contributed by atoms with E-state index in [1.807, 2.05) is 19.1 Å². The highest BCUT2D eigenvalue weighted by atomic mass is 35.5. The third-order valence-corrected chi connectivity index (χ3v) is 4.34. The molecule has 1 aliphatic rings. The number of benzene rings is 1. The molecular formula is C18H28ClN3O3. The lowest BCUT2D eigenvalue weighted by Gasteiger charge is -2.25. The van der Waals surface area contributed by atoms with E-state index in [0.29, 0.717) is 24.4 Å². The Morgan fingerprint density at radius 3 is 2.64 bits per heavy atom. The van der Waals surface area contributed by atoms with E-state index >= 15 is 0 Å². The zero-order valence-electron chi connectivity index (χ0n) is 14.9. The van der Waals surface area contributed by atoms with Crippen molar-refractivity contribution in [3.05, 3.63) is 24.3 Å². The fraction of sp³-hybridized carbons (Fsp3) is 0.556. The Kier molecular flexibility index (Phi) is 8.72.